The summed E-state index contributed by atoms with van der Waals surface area (Å²) in [5.74, 6) is -0.282. The van der Waals surface area contributed by atoms with Gasteiger partial charge in [-0.3, -0.25) is 9.69 Å². The molecule has 0 aromatic heterocycles. The summed E-state index contributed by atoms with van der Waals surface area (Å²) >= 11 is 0. The topological polar surface area (TPSA) is 94.6 Å². The molecule has 0 radical (unpaired) electrons. The first-order valence-corrected chi connectivity index (χ1v) is 14.4. The predicted octanol–water partition coefficient (Wildman–Crippen LogP) is 5.87. The number of hydrogen-bond acceptors (Lipinski definition) is 7. The number of fused-ring (bicyclic) bond motifs is 1. The Kier molecular flexibility index (Phi) is 9.91. The molecule has 2 aliphatic rings. The molecule has 1 unspecified atom stereocenters. The zero-order valence-corrected chi connectivity index (χ0v) is 24.6. The highest BCUT2D eigenvalue weighted by Crippen LogP contribution is 2.39. The molecule has 9 heteroatoms. The van der Waals surface area contributed by atoms with Gasteiger partial charge in [0.15, 0.2) is 6.23 Å². The molecule has 1 saturated heterocycles. The Morgan fingerprint density at radius 3 is 2.27 bits per heavy atom. The number of nitrogens with zero attached hydrogens (tertiary/aromatic N) is 2. The van der Waals surface area contributed by atoms with E-state index in [0.717, 1.165) is 16.7 Å². The normalized spacial score (nSPS) is 18.3. The quantitative estimate of drug-likeness (QED) is 0.291. The first-order chi connectivity index (χ1) is 19.6. The van der Waals surface area contributed by atoms with E-state index in [1.165, 1.54) is 0 Å². The summed E-state index contributed by atoms with van der Waals surface area (Å²) in [5, 5.41) is 0. The van der Waals surface area contributed by atoms with Crippen LogP contribution in [0.25, 0.3) is 0 Å². The molecule has 1 atom stereocenters. The van der Waals surface area contributed by atoms with Gasteiger partial charge in [0.05, 0.1) is 18.6 Å². The highest BCUT2D eigenvalue weighted by atomic mass is 16.6. The number of amides is 2. The van der Waals surface area contributed by atoms with Crippen molar-refractivity contribution in [3.63, 3.8) is 0 Å². The molecular formula is C32H42N2O7. The molecule has 0 N–H and O–H groups in total. The summed E-state index contributed by atoms with van der Waals surface area (Å²) in [5.41, 5.74) is 1.56. The van der Waals surface area contributed by atoms with Crippen LogP contribution in [0.1, 0.15) is 69.9 Å². The van der Waals surface area contributed by atoms with Crippen LogP contribution in [0.3, 0.4) is 0 Å². The van der Waals surface area contributed by atoms with E-state index in [9.17, 15) is 14.4 Å². The van der Waals surface area contributed by atoms with Crippen LogP contribution in [0.4, 0.5) is 9.59 Å². The van der Waals surface area contributed by atoms with Crippen LogP contribution in [0.2, 0.25) is 0 Å². The van der Waals surface area contributed by atoms with Gasteiger partial charge in [0.1, 0.15) is 12.2 Å². The molecule has 222 valence electrons. The molecule has 2 amide bonds. The average Bonchev–Trinajstić information content (AvgIpc) is 2.96. The fourth-order valence-corrected chi connectivity index (χ4v) is 5.35. The lowest BCUT2D eigenvalue weighted by molar-refractivity contribution is -0.161. The van der Waals surface area contributed by atoms with E-state index in [2.05, 4.69) is 0 Å². The zero-order valence-electron chi connectivity index (χ0n) is 24.6. The van der Waals surface area contributed by atoms with Gasteiger partial charge in [-0.15, -0.1) is 0 Å². The second-order valence-corrected chi connectivity index (χ2v) is 11.6. The molecule has 1 fully saturated rings. The maximum atomic E-state index is 13.2. The van der Waals surface area contributed by atoms with Crippen LogP contribution in [0.15, 0.2) is 54.6 Å². The van der Waals surface area contributed by atoms with E-state index in [4.69, 9.17) is 18.9 Å². The minimum atomic E-state index is -0.790. The molecule has 9 nitrogen and oxygen atoms in total. The van der Waals surface area contributed by atoms with Gasteiger partial charge in [0.25, 0.3) is 0 Å². The minimum absolute atomic E-state index is 0.171. The second-order valence-electron chi connectivity index (χ2n) is 11.6. The van der Waals surface area contributed by atoms with Gasteiger partial charge in [-0.05, 0) is 64.5 Å². The highest BCUT2D eigenvalue weighted by molar-refractivity contribution is 5.77. The van der Waals surface area contributed by atoms with Gasteiger partial charge in [0.2, 0.25) is 0 Å². The number of esters is 1. The fourth-order valence-electron chi connectivity index (χ4n) is 5.35. The number of ether oxygens (including phenoxy) is 4. The third kappa shape index (κ3) is 7.79. The minimum Gasteiger partial charge on any atom is -0.466 e. The van der Waals surface area contributed by atoms with E-state index in [-0.39, 0.29) is 31.9 Å². The summed E-state index contributed by atoms with van der Waals surface area (Å²) < 4.78 is 23.1. The van der Waals surface area contributed by atoms with E-state index in [1.807, 2.05) is 75.4 Å². The van der Waals surface area contributed by atoms with Crippen molar-refractivity contribution in [3.8, 4) is 0 Å². The largest absolute Gasteiger partial charge is 0.466 e. The first kappa shape index (κ1) is 30.4. The van der Waals surface area contributed by atoms with Gasteiger partial charge < -0.3 is 23.8 Å². The number of carbonyl (C=O) groups is 3. The molecule has 2 aliphatic heterocycles. The van der Waals surface area contributed by atoms with Crippen molar-refractivity contribution in [2.24, 2.45) is 5.41 Å². The lowest BCUT2D eigenvalue weighted by Crippen LogP contribution is -2.49. The SMILES string of the molecule is CCOC(=O)C1(CCOC2c3ccccc3CCN2C(=O)OCc2ccccc2)CCN(C(=O)OC(C)(C)C)CC1. The predicted molar refractivity (Wildman–Crippen MR) is 153 cm³/mol. The monoisotopic (exact) mass is 566 g/mol. The summed E-state index contributed by atoms with van der Waals surface area (Å²) in [6, 6.07) is 17.5. The molecule has 0 aliphatic carbocycles. The summed E-state index contributed by atoms with van der Waals surface area (Å²) in [4.78, 5) is 42.3. The zero-order chi connectivity index (χ0) is 29.5. The number of piperidine rings is 1. The molecule has 2 aromatic rings. The van der Waals surface area contributed by atoms with Gasteiger partial charge in [0, 0.05) is 25.2 Å². The molecule has 0 saturated carbocycles. The van der Waals surface area contributed by atoms with Crippen LogP contribution in [0, 0.1) is 5.41 Å². The maximum Gasteiger partial charge on any atom is 0.412 e. The Morgan fingerprint density at radius 2 is 1.59 bits per heavy atom. The van der Waals surface area contributed by atoms with Crippen LogP contribution in [0.5, 0.6) is 0 Å². The lowest BCUT2D eigenvalue weighted by atomic mass is 9.76. The Morgan fingerprint density at radius 1 is 0.902 bits per heavy atom. The van der Waals surface area contributed by atoms with E-state index >= 15 is 0 Å². The Labute approximate surface area is 242 Å². The molecule has 41 heavy (non-hydrogen) atoms. The van der Waals surface area contributed by atoms with Crippen molar-refractivity contribution in [2.75, 3.05) is 32.8 Å². The highest BCUT2D eigenvalue weighted by Gasteiger charge is 2.44. The number of carbonyl (C=O) groups excluding carboxylic acids is 3. The van der Waals surface area contributed by atoms with Crippen LogP contribution >= 0.6 is 0 Å². The second kappa shape index (κ2) is 13.4. The average molecular weight is 567 g/mol. The van der Waals surface area contributed by atoms with Crippen molar-refractivity contribution in [2.45, 2.75) is 71.8 Å². The Hall–Kier alpha value is -3.59. The van der Waals surface area contributed by atoms with Gasteiger partial charge in [-0.2, -0.15) is 0 Å². The van der Waals surface area contributed by atoms with Crippen molar-refractivity contribution < 1.29 is 33.3 Å². The van der Waals surface area contributed by atoms with E-state index in [1.54, 1.807) is 16.7 Å². The van der Waals surface area contributed by atoms with E-state index in [0.29, 0.717) is 45.3 Å². The molecule has 0 bridgehead atoms. The summed E-state index contributed by atoms with van der Waals surface area (Å²) in [6.45, 7) is 9.19. The lowest BCUT2D eigenvalue weighted by Gasteiger charge is -2.41. The van der Waals surface area contributed by atoms with Crippen molar-refractivity contribution in [1.29, 1.82) is 0 Å². The van der Waals surface area contributed by atoms with Gasteiger partial charge >= 0.3 is 18.2 Å². The fraction of sp³-hybridized carbons (Fsp3) is 0.531. The summed E-state index contributed by atoms with van der Waals surface area (Å²) in [6.07, 6.45) is 0.526. The Bertz CT molecular complexity index is 1190. The van der Waals surface area contributed by atoms with E-state index < -0.39 is 23.3 Å². The number of rotatable bonds is 8. The van der Waals surface area contributed by atoms with Crippen molar-refractivity contribution in [3.05, 3.63) is 71.3 Å². The van der Waals surface area contributed by atoms with Crippen molar-refractivity contribution in [1.82, 2.24) is 9.80 Å². The van der Waals surface area contributed by atoms with Gasteiger partial charge in [-0.25, -0.2) is 9.59 Å². The molecule has 4 rings (SSSR count). The third-order valence-electron chi connectivity index (χ3n) is 7.60. The molecule has 2 aromatic carbocycles. The molecule has 0 spiro atoms. The number of hydrogen-bond donors (Lipinski definition) is 0. The molecular weight excluding hydrogens is 524 g/mol. The number of likely N-dealkylation sites (tertiary alicyclic amines) is 1. The first-order valence-electron chi connectivity index (χ1n) is 14.4. The number of benzene rings is 2. The standard InChI is InChI=1S/C32H42N2O7/c1-5-38-28(35)32(16-20-33(21-17-32)29(36)41-31(2,3)4)18-22-39-27-26-14-10-9-13-25(26)15-19-34(27)30(37)40-23-24-11-7-6-8-12-24/h6-14,27H,5,15-23H2,1-4H3. The van der Waals surface area contributed by atoms with Crippen LogP contribution in [-0.4, -0.2) is 66.4 Å². The van der Waals surface area contributed by atoms with Crippen LogP contribution in [-0.2, 0) is 36.8 Å². The van der Waals surface area contributed by atoms with Crippen LogP contribution < -0.4 is 0 Å². The molecule has 2 heterocycles. The maximum absolute atomic E-state index is 13.2. The van der Waals surface area contributed by atoms with Crippen molar-refractivity contribution >= 4 is 18.2 Å². The Balaban J connectivity index is 1.44. The summed E-state index contributed by atoms with van der Waals surface area (Å²) in [7, 11) is 0. The third-order valence-corrected chi connectivity index (χ3v) is 7.60. The van der Waals surface area contributed by atoms with Gasteiger partial charge in [-0.1, -0.05) is 54.6 Å². The smallest absolute Gasteiger partial charge is 0.412 e.